The van der Waals surface area contributed by atoms with Crippen LogP contribution < -0.4 is 25.4 Å². The van der Waals surface area contributed by atoms with Gasteiger partial charge in [0.05, 0.1) is 12.2 Å². The summed E-state index contributed by atoms with van der Waals surface area (Å²) in [5.41, 5.74) is 0.805. The highest BCUT2D eigenvalue weighted by molar-refractivity contribution is 6.31. The number of rotatable bonds is 8. The van der Waals surface area contributed by atoms with Gasteiger partial charge in [-0.15, -0.1) is 0 Å². The largest absolute Gasteiger partial charge is 0.491 e. The van der Waals surface area contributed by atoms with Gasteiger partial charge < -0.3 is 30.5 Å². The molecular weight excluding hydrogens is 465 g/mol. The van der Waals surface area contributed by atoms with Gasteiger partial charge in [0.25, 0.3) is 5.91 Å². The minimum atomic E-state index is -0.605. The molecule has 7 nitrogen and oxygen atoms in total. The molecular formula is C24H29Cl2N3O4. The van der Waals surface area contributed by atoms with E-state index in [0.717, 1.165) is 31.4 Å². The predicted molar refractivity (Wildman–Crippen MR) is 130 cm³/mol. The van der Waals surface area contributed by atoms with E-state index in [4.69, 9.17) is 32.7 Å². The molecule has 1 saturated carbocycles. The van der Waals surface area contributed by atoms with Crippen molar-refractivity contribution in [1.82, 2.24) is 10.6 Å². The molecule has 2 aromatic rings. The summed E-state index contributed by atoms with van der Waals surface area (Å²) in [6.45, 7) is 1.08. The smallest absolute Gasteiger partial charge is 0.263 e. The first-order valence-electron chi connectivity index (χ1n) is 11.3. The van der Waals surface area contributed by atoms with Gasteiger partial charge in [0.2, 0.25) is 0 Å². The minimum Gasteiger partial charge on any atom is -0.491 e. The van der Waals surface area contributed by atoms with Crippen molar-refractivity contribution < 1.29 is 19.4 Å². The molecule has 1 fully saturated rings. The quantitative estimate of drug-likeness (QED) is 0.448. The molecule has 2 unspecified atom stereocenters. The molecule has 2 aliphatic rings. The van der Waals surface area contributed by atoms with Crippen LogP contribution in [-0.2, 0) is 4.79 Å². The Bertz CT molecular complexity index is 936. The van der Waals surface area contributed by atoms with Crippen LogP contribution in [0, 0.1) is 0 Å². The van der Waals surface area contributed by atoms with Crippen LogP contribution in [0.4, 0.5) is 5.69 Å². The zero-order valence-electron chi connectivity index (χ0n) is 18.2. The van der Waals surface area contributed by atoms with Gasteiger partial charge in [-0.05, 0) is 68.1 Å². The third-order valence-corrected chi connectivity index (χ3v) is 6.44. The number of halogens is 2. The molecule has 0 radical (unpaired) electrons. The number of carbonyl (C=O) groups is 1. The second kappa shape index (κ2) is 11.3. The molecule has 9 heteroatoms. The molecule has 1 heterocycles. The van der Waals surface area contributed by atoms with Crippen LogP contribution in [0.1, 0.15) is 25.7 Å². The van der Waals surface area contributed by atoms with E-state index in [1.54, 1.807) is 42.5 Å². The van der Waals surface area contributed by atoms with E-state index in [1.165, 1.54) is 0 Å². The SMILES string of the molecule is O=C(NC1CCC(NCC(O)COc2ccc(Cl)cc2)CC1)C1CNc2cc(Cl)ccc2O1. The lowest BCUT2D eigenvalue weighted by Gasteiger charge is -2.32. The molecule has 2 atom stereocenters. The molecule has 0 spiro atoms. The third kappa shape index (κ3) is 6.90. The van der Waals surface area contributed by atoms with Gasteiger partial charge in [-0.1, -0.05) is 23.2 Å². The van der Waals surface area contributed by atoms with Crippen LogP contribution in [0.25, 0.3) is 0 Å². The van der Waals surface area contributed by atoms with E-state index in [9.17, 15) is 9.90 Å². The van der Waals surface area contributed by atoms with Crippen molar-refractivity contribution in [3.05, 3.63) is 52.5 Å². The summed E-state index contributed by atoms with van der Waals surface area (Å²) < 4.78 is 11.4. The second-order valence-electron chi connectivity index (χ2n) is 8.51. The van der Waals surface area contributed by atoms with Crippen LogP contribution in [0.5, 0.6) is 11.5 Å². The van der Waals surface area contributed by atoms with Crippen molar-refractivity contribution in [2.45, 2.75) is 50.0 Å². The summed E-state index contributed by atoms with van der Waals surface area (Å²) in [5.74, 6) is 1.21. The minimum absolute atomic E-state index is 0.103. The maximum atomic E-state index is 12.7. The number of aliphatic hydroxyl groups is 1. The van der Waals surface area contributed by atoms with E-state index in [1.807, 2.05) is 0 Å². The van der Waals surface area contributed by atoms with Crippen molar-refractivity contribution >= 4 is 34.8 Å². The van der Waals surface area contributed by atoms with E-state index in [-0.39, 0.29) is 18.6 Å². The molecule has 4 rings (SSSR count). The highest BCUT2D eigenvalue weighted by Crippen LogP contribution is 2.31. The number of fused-ring (bicyclic) bond motifs is 1. The van der Waals surface area contributed by atoms with E-state index in [0.29, 0.717) is 40.7 Å². The maximum Gasteiger partial charge on any atom is 0.263 e. The summed E-state index contributed by atoms with van der Waals surface area (Å²) in [7, 11) is 0. The average Bonchev–Trinajstić information content (AvgIpc) is 2.83. The van der Waals surface area contributed by atoms with Crippen LogP contribution in [0.15, 0.2) is 42.5 Å². The number of aliphatic hydroxyl groups excluding tert-OH is 1. The predicted octanol–water partition coefficient (Wildman–Crippen LogP) is 3.62. The first-order valence-corrected chi connectivity index (χ1v) is 12.0. The number of anilines is 1. The average molecular weight is 494 g/mol. The Labute approximate surface area is 203 Å². The first-order chi connectivity index (χ1) is 16.0. The second-order valence-corrected chi connectivity index (χ2v) is 9.38. The zero-order valence-corrected chi connectivity index (χ0v) is 19.7. The Morgan fingerprint density at radius 2 is 1.79 bits per heavy atom. The molecule has 33 heavy (non-hydrogen) atoms. The summed E-state index contributed by atoms with van der Waals surface area (Å²) in [6.07, 6.45) is 2.46. The van der Waals surface area contributed by atoms with Gasteiger partial charge in [-0.2, -0.15) is 0 Å². The van der Waals surface area contributed by atoms with Crippen molar-refractivity contribution in [2.75, 3.05) is 25.0 Å². The number of benzene rings is 2. The molecule has 2 aromatic carbocycles. The fourth-order valence-corrected chi connectivity index (χ4v) is 4.41. The molecule has 1 aliphatic carbocycles. The number of carbonyl (C=O) groups excluding carboxylic acids is 1. The van der Waals surface area contributed by atoms with Crippen LogP contribution in [0.2, 0.25) is 10.0 Å². The molecule has 1 amide bonds. The monoisotopic (exact) mass is 493 g/mol. The Morgan fingerprint density at radius 3 is 2.55 bits per heavy atom. The molecule has 4 N–H and O–H groups in total. The number of hydrogen-bond donors (Lipinski definition) is 4. The molecule has 0 saturated heterocycles. The standard InChI is InChI=1S/C24H29Cl2N3O4/c25-15-1-8-20(9-2-15)32-14-19(30)12-27-17-4-6-18(7-5-17)29-24(31)23-13-28-21-11-16(26)3-10-22(21)33-23/h1-3,8-11,17-19,23,27-28,30H,4-7,12-14H2,(H,29,31). The van der Waals surface area contributed by atoms with Crippen LogP contribution in [-0.4, -0.2) is 55.0 Å². The van der Waals surface area contributed by atoms with Crippen molar-refractivity contribution in [1.29, 1.82) is 0 Å². The fourth-order valence-electron chi connectivity index (χ4n) is 4.11. The Kier molecular flexibility index (Phi) is 8.20. The lowest BCUT2D eigenvalue weighted by molar-refractivity contribution is -0.128. The first kappa shape index (κ1) is 24.0. The van der Waals surface area contributed by atoms with Crippen molar-refractivity contribution in [2.24, 2.45) is 0 Å². The molecule has 1 aliphatic heterocycles. The Hall–Kier alpha value is -2.19. The summed E-state index contributed by atoms with van der Waals surface area (Å²) >= 11 is 11.9. The van der Waals surface area contributed by atoms with E-state index in [2.05, 4.69) is 16.0 Å². The molecule has 178 valence electrons. The van der Waals surface area contributed by atoms with Gasteiger partial charge >= 0.3 is 0 Å². The van der Waals surface area contributed by atoms with Crippen molar-refractivity contribution in [3.8, 4) is 11.5 Å². The number of nitrogens with one attached hydrogen (secondary N) is 3. The highest BCUT2D eigenvalue weighted by Gasteiger charge is 2.29. The van der Waals surface area contributed by atoms with Crippen LogP contribution >= 0.6 is 23.2 Å². The lowest BCUT2D eigenvalue weighted by Crippen LogP contribution is -2.50. The fraction of sp³-hybridized carbons (Fsp3) is 0.458. The number of hydrogen-bond acceptors (Lipinski definition) is 6. The number of amides is 1. The summed E-state index contributed by atoms with van der Waals surface area (Å²) in [6, 6.07) is 12.8. The molecule has 0 aromatic heterocycles. The van der Waals surface area contributed by atoms with E-state index >= 15 is 0 Å². The van der Waals surface area contributed by atoms with Gasteiger partial charge in [-0.25, -0.2) is 0 Å². The highest BCUT2D eigenvalue weighted by atomic mass is 35.5. The van der Waals surface area contributed by atoms with Crippen LogP contribution in [0.3, 0.4) is 0 Å². The lowest BCUT2D eigenvalue weighted by atomic mass is 9.91. The normalized spacial score (nSPS) is 22.9. The Balaban J connectivity index is 1.13. The number of ether oxygens (including phenoxy) is 2. The summed E-state index contributed by atoms with van der Waals surface area (Å²) in [4.78, 5) is 12.7. The summed E-state index contributed by atoms with van der Waals surface area (Å²) in [5, 5.41) is 21.2. The van der Waals surface area contributed by atoms with Gasteiger partial charge in [0.1, 0.15) is 24.2 Å². The van der Waals surface area contributed by atoms with Crippen molar-refractivity contribution in [3.63, 3.8) is 0 Å². The Morgan fingerprint density at radius 1 is 1.09 bits per heavy atom. The molecule has 0 bridgehead atoms. The maximum absolute atomic E-state index is 12.7. The van der Waals surface area contributed by atoms with Gasteiger partial charge in [0.15, 0.2) is 6.10 Å². The van der Waals surface area contributed by atoms with Gasteiger partial charge in [-0.3, -0.25) is 4.79 Å². The third-order valence-electron chi connectivity index (χ3n) is 5.95. The zero-order chi connectivity index (χ0) is 23.2. The van der Waals surface area contributed by atoms with Gasteiger partial charge in [0, 0.05) is 28.7 Å². The topological polar surface area (TPSA) is 91.9 Å². The van der Waals surface area contributed by atoms with E-state index < -0.39 is 12.2 Å².